The lowest BCUT2D eigenvalue weighted by molar-refractivity contribution is -0.0254. The monoisotopic (exact) mass is 475 g/mol. The number of rotatable bonds is 5. The maximum Gasteiger partial charge on any atom is 0.127 e. The fourth-order valence-electron chi connectivity index (χ4n) is 5.03. The van der Waals surface area contributed by atoms with E-state index in [-0.39, 0.29) is 6.61 Å². The molecule has 1 fully saturated rings. The van der Waals surface area contributed by atoms with Crippen molar-refractivity contribution in [2.24, 2.45) is 0 Å². The summed E-state index contributed by atoms with van der Waals surface area (Å²) in [5.41, 5.74) is 5.60. The fourth-order valence-corrected chi connectivity index (χ4v) is 5.15. The Morgan fingerprint density at radius 3 is 2.50 bits per heavy atom. The van der Waals surface area contributed by atoms with Gasteiger partial charge in [0, 0.05) is 30.2 Å². The topological polar surface area (TPSA) is 52.9 Å². The molecule has 4 nitrogen and oxygen atoms in total. The molecule has 3 aromatic rings. The number of likely N-dealkylation sites (tertiary alicyclic amines) is 1. The van der Waals surface area contributed by atoms with Gasteiger partial charge in [0.15, 0.2) is 0 Å². The maximum atomic E-state index is 11.2. The second kappa shape index (κ2) is 9.93. The van der Waals surface area contributed by atoms with Gasteiger partial charge >= 0.3 is 0 Å². The Balaban J connectivity index is 1.31. The van der Waals surface area contributed by atoms with Gasteiger partial charge in [0.1, 0.15) is 12.4 Å². The van der Waals surface area contributed by atoms with Gasteiger partial charge in [0.05, 0.1) is 12.2 Å². The highest BCUT2D eigenvalue weighted by Gasteiger charge is 2.33. The summed E-state index contributed by atoms with van der Waals surface area (Å²) >= 11 is 6.02. The number of ether oxygens (including phenoxy) is 1. The second-order valence-electron chi connectivity index (χ2n) is 9.22. The molecule has 0 unspecified atom stereocenters. The number of piperidine rings is 1. The van der Waals surface area contributed by atoms with Gasteiger partial charge in [-0.1, -0.05) is 60.1 Å². The minimum atomic E-state index is -0.781. The van der Waals surface area contributed by atoms with Crippen molar-refractivity contribution in [2.75, 3.05) is 19.6 Å². The lowest BCUT2D eigenvalue weighted by Gasteiger charge is -2.38. The second-order valence-corrected chi connectivity index (χ2v) is 9.66. The Morgan fingerprint density at radius 1 is 0.971 bits per heavy atom. The van der Waals surface area contributed by atoms with Crippen molar-refractivity contribution in [1.29, 1.82) is 0 Å². The van der Waals surface area contributed by atoms with Crippen LogP contribution in [0.2, 0.25) is 5.02 Å². The van der Waals surface area contributed by atoms with E-state index in [2.05, 4.69) is 29.2 Å². The first-order valence-electron chi connectivity index (χ1n) is 11.9. The van der Waals surface area contributed by atoms with E-state index in [4.69, 9.17) is 16.3 Å². The summed E-state index contributed by atoms with van der Waals surface area (Å²) in [6, 6.07) is 21.9. The van der Waals surface area contributed by atoms with Crippen molar-refractivity contribution in [3.63, 3.8) is 0 Å². The smallest absolute Gasteiger partial charge is 0.127 e. The molecule has 0 bridgehead atoms. The molecule has 0 atom stereocenters. The average Bonchev–Trinajstić information content (AvgIpc) is 3.02. The van der Waals surface area contributed by atoms with E-state index in [9.17, 15) is 10.2 Å². The van der Waals surface area contributed by atoms with Gasteiger partial charge in [-0.2, -0.15) is 0 Å². The first-order chi connectivity index (χ1) is 16.6. The number of nitrogens with zero attached hydrogens (tertiary/aromatic N) is 1. The summed E-state index contributed by atoms with van der Waals surface area (Å²) in [4.78, 5) is 2.42. The zero-order chi connectivity index (χ0) is 23.5. The van der Waals surface area contributed by atoms with Crippen molar-refractivity contribution >= 4 is 17.2 Å². The van der Waals surface area contributed by atoms with Gasteiger partial charge in [-0.25, -0.2) is 0 Å². The summed E-state index contributed by atoms with van der Waals surface area (Å²) in [5, 5.41) is 21.5. The molecule has 2 aliphatic heterocycles. The standard InChI is InChI=1S/C29H30ClNO3/c30-24-10-8-23(9-11-24)29(33)13-16-31(17-14-29)15-3-6-26-25-5-2-1-4-22(25)20-34-28-12-7-21(19-32)18-27(26)28/h1-2,4-12,18,32-33H,3,13-17,19-20H2. The first kappa shape index (κ1) is 23.1. The van der Waals surface area contributed by atoms with Gasteiger partial charge in [-0.3, -0.25) is 0 Å². The highest BCUT2D eigenvalue weighted by Crippen LogP contribution is 2.38. The van der Waals surface area contributed by atoms with E-state index in [0.717, 1.165) is 54.1 Å². The molecule has 0 amide bonds. The molecule has 2 aliphatic rings. The number of hydrogen-bond acceptors (Lipinski definition) is 4. The normalized spacial score (nSPS) is 18.6. The van der Waals surface area contributed by atoms with Crippen LogP contribution in [0.1, 0.15) is 47.1 Å². The van der Waals surface area contributed by atoms with Crippen LogP contribution >= 0.6 is 11.6 Å². The zero-order valence-corrected chi connectivity index (χ0v) is 20.0. The summed E-state index contributed by atoms with van der Waals surface area (Å²) in [6.45, 7) is 3.18. The Bertz CT molecular complexity index is 1180. The number of fused-ring (bicyclic) bond motifs is 2. The van der Waals surface area contributed by atoms with Crippen LogP contribution < -0.4 is 4.74 Å². The minimum Gasteiger partial charge on any atom is -0.488 e. The predicted octanol–water partition coefficient (Wildman–Crippen LogP) is 5.53. The van der Waals surface area contributed by atoms with Gasteiger partial charge in [-0.15, -0.1) is 0 Å². The van der Waals surface area contributed by atoms with E-state index in [1.807, 2.05) is 48.5 Å². The Hall–Kier alpha value is -2.63. The Kier molecular flexibility index (Phi) is 6.75. The van der Waals surface area contributed by atoms with Crippen LogP contribution in [0.4, 0.5) is 0 Å². The fraction of sp³-hybridized carbons (Fsp3) is 0.310. The average molecular weight is 476 g/mol. The molecular formula is C29H30ClNO3. The highest BCUT2D eigenvalue weighted by atomic mass is 35.5. The third-order valence-corrected chi connectivity index (χ3v) is 7.32. The molecule has 2 heterocycles. The molecule has 176 valence electrons. The molecule has 0 aromatic heterocycles. The van der Waals surface area contributed by atoms with Crippen LogP contribution in [0.15, 0.2) is 72.8 Å². The third kappa shape index (κ3) is 4.77. The van der Waals surface area contributed by atoms with Crippen molar-refractivity contribution in [2.45, 2.75) is 38.1 Å². The summed E-state index contributed by atoms with van der Waals surface area (Å²) in [5.74, 6) is 0.852. The van der Waals surface area contributed by atoms with Crippen LogP contribution in [0.25, 0.3) is 5.57 Å². The van der Waals surface area contributed by atoms with E-state index >= 15 is 0 Å². The number of hydrogen-bond donors (Lipinski definition) is 2. The van der Waals surface area contributed by atoms with Crippen LogP contribution in [0, 0.1) is 0 Å². The number of aliphatic hydroxyl groups is 2. The van der Waals surface area contributed by atoms with E-state index in [1.54, 1.807) is 0 Å². The van der Waals surface area contributed by atoms with E-state index in [1.165, 1.54) is 11.1 Å². The molecule has 0 spiro atoms. The summed E-state index contributed by atoms with van der Waals surface area (Å²) < 4.78 is 6.10. The van der Waals surface area contributed by atoms with Crippen LogP contribution in [-0.4, -0.2) is 34.7 Å². The van der Waals surface area contributed by atoms with Gasteiger partial charge in [-0.05, 0) is 71.4 Å². The zero-order valence-electron chi connectivity index (χ0n) is 19.2. The third-order valence-electron chi connectivity index (χ3n) is 7.07. The van der Waals surface area contributed by atoms with Crippen molar-refractivity contribution in [1.82, 2.24) is 4.90 Å². The predicted molar refractivity (Wildman–Crippen MR) is 136 cm³/mol. The van der Waals surface area contributed by atoms with Crippen molar-refractivity contribution < 1.29 is 14.9 Å². The van der Waals surface area contributed by atoms with Crippen LogP contribution in [0.3, 0.4) is 0 Å². The molecule has 0 saturated carbocycles. The number of benzene rings is 3. The minimum absolute atomic E-state index is 0.00646. The van der Waals surface area contributed by atoms with Crippen LogP contribution in [0.5, 0.6) is 5.75 Å². The lowest BCUT2D eigenvalue weighted by Crippen LogP contribution is -2.42. The Morgan fingerprint density at radius 2 is 1.74 bits per heavy atom. The lowest BCUT2D eigenvalue weighted by atomic mass is 9.84. The van der Waals surface area contributed by atoms with E-state index < -0.39 is 5.60 Å². The van der Waals surface area contributed by atoms with Crippen molar-refractivity contribution in [3.05, 3.63) is 106 Å². The summed E-state index contributed by atoms with van der Waals surface area (Å²) in [6.07, 6.45) is 4.62. The Labute approximate surface area is 206 Å². The van der Waals surface area contributed by atoms with Gasteiger partial charge in [0.25, 0.3) is 0 Å². The molecule has 3 aromatic carbocycles. The molecule has 0 aliphatic carbocycles. The molecule has 34 heavy (non-hydrogen) atoms. The van der Waals surface area contributed by atoms with Crippen molar-refractivity contribution in [3.8, 4) is 5.75 Å². The molecule has 2 N–H and O–H groups in total. The SMILES string of the molecule is OCc1ccc2c(c1)C(=CCCN1CCC(O)(c3ccc(Cl)cc3)CC1)c1ccccc1CO2. The molecule has 1 saturated heterocycles. The molecular weight excluding hydrogens is 446 g/mol. The maximum absolute atomic E-state index is 11.2. The van der Waals surface area contributed by atoms with Gasteiger partial charge in [0.2, 0.25) is 0 Å². The first-order valence-corrected chi connectivity index (χ1v) is 12.3. The van der Waals surface area contributed by atoms with Gasteiger partial charge < -0.3 is 19.8 Å². The largest absolute Gasteiger partial charge is 0.488 e. The molecule has 5 rings (SSSR count). The van der Waals surface area contributed by atoms with Crippen LogP contribution in [-0.2, 0) is 18.8 Å². The number of aliphatic hydroxyl groups excluding tert-OH is 1. The highest BCUT2D eigenvalue weighted by molar-refractivity contribution is 6.30. The number of halogens is 1. The quantitative estimate of drug-likeness (QED) is 0.509. The summed E-state index contributed by atoms with van der Waals surface area (Å²) in [7, 11) is 0. The van der Waals surface area contributed by atoms with E-state index in [0.29, 0.717) is 24.5 Å². The molecule has 5 heteroatoms. The molecule has 0 radical (unpaired) electrons.